The van der Waals surface area contributed by atoms with Gasteiger partial charge in [0.15, 0.2) is 5.43 Å². The molecule has 1 heterocycles. The Morgan fingerprint density at radius 3 is 2.41 bits per heavy atom. The van der Waals surface area contributed by atoms with Gasteiger partial charge in [0.2, 0.25) is 0 Å². The number of hydrogen-bond acceptors (Lipinski definition) is 4. The molecule has 0 saturated carbocycles. The van der Waals surface area contributed by atoms with E-state index in [1.54, 1.807) is 20.3 Å². The van der Waals surface area contributed by atoms with E-state index in [1.165, 1.54) is 11.6 Å². The molecule has 1 aromatic heterocycles. The van der Waals surface area contributed by atoms with Gasteiger partial charge in [-0.3, -0.25) is 4.79 Å². The molecule has 0 atom stereocenters. The Kier molecular flexibility index (Phi) is 5.65. The smallest absolute Gasteiger partial charge is 0.197 e. The molecule has 0 amide bonds. The molecule has 4 nitrogen and oxygen atoms in total. The maximum Gasteiger partial charge on any atom is 0.197 e. The van der Waals surface area contributed by atoms with Crippen LogP contribution in [0.3, 0.4) is 0 Å². The summed E-state index contributed by atoms with van der Waals surface area (Å²) in [5.74, 6) is 1.63. The summed E-state index contributed by atoms with van der Waals surface area (Å²) in [4.78, 5) is 12.9. The third-order valence-electron chi connectivity index (χ3n) is 4.74. The van der Waals surface area contributed by atoms with Crippen molar-refractivity contribution in [1.82, 2.24) is 0 Å². The maximum atomic E-state index is 12.9. The molecule has 0 N–H and O–H groups in total. The lowest BCUT2D eigenvalue weighted by Crippen LogP contribution is -2.06. The molecule has 0 spiro atoms. The van der Waals surface area contributed by atoms with Crippen LogP contribution < -0.4 is 14.9 Å². The first-order valence-corrected chi connectivity index (χ1v) is 9.01. The predicted molar refractivity (Wildman–Crippen MR) is 109 cm³/mol. The molecule has 3 rings (SSSR count). The van der Waals surface area contributed by atoms with Crippen LogP contribution in [0.4, 0.5) is 0 Å². The number of fused-ring (bicyclic) bond motifs is 1. The zero-order valence-electron chi connectivity index (χ0n) is 16.2. The third-order valence-corrected chi connectivity index (χ3v) is 4.74. The van der Waals surface area contributed by atoms with Gasteiger partial charge in [0.05, 0.1) is 14.2 Å². The maximum absolute atomic E-state index is 12.9. The van der Waals surface area contributed by atoms with Crippen molar-refractivity contribution in [2.45, 2.75) is 26.7 Å². The van der Waals surface area contributed by atoms with Crippen LogP contribution in [0.15, 0.2) is 63.3 Å². The van der Waals surface area contributed by atoms with Gasteiger partial charge in [-0.2, -0.15) is 0 Å². The van der Waals surface area contributed by atoms with Gasteiger partial charge >= 0.3 is 0 Å². The number of hydrogen-bond donors (Lipinski definition) is 0. The zero-order valence-corrected chi connectivity index (χ0v) is 16.2. The van der Waals surface area contributed by atoms with Crippen molar-refractivity contribution in [2.75, 3.05) is 14.2 Å². The van der Waals surface area contributed by atoms with E-state index >= 15 is 0 Å². The molecule has 0 saturated heterocycles. The Morgan fingerprint density at radius 2 is 1.78 bits per heavy atom. The highest BCUT2D eigenvalue weighted by Gasteiger charge is 2.19. The Morgan fingerprint density at radius 1 is 1.07 bits per heavy atom. The van der Waals surface area contributed by atoms with Crippen LogP contribution in [-0.4, -0.2) is 14.2 Å². The molecule has 0 aliphatic heterocycles. The molecule has 0 radical (unpaired) electrons. The standard InChI is InChI=1S/C23H24O4/c1-5-15(2)11-12-17-20(25-3)14-21(26-4)22-18(24)13-19(27-23(17)22)16-9-7-6-8-10-16/h6-11,13-14H,5,12H2,1-4H3/b15-11+. The fraction of sp³-hybridized carbons (Fsp3) is 0.261. The Labute approximate surface area is 159 Å². The second kappa shape index (κ2) is 8.12. The molecule has 3 aromatic rings. The molecule has 0 aliphatic rings. The lowest BCUT2D eigenvalue weighted by molar-refractivity contribution is 0.393. The van der Waals surface area contributed by atoms with E-state index in [9.17, 15) is 4.79 Å². The molecule has 0 bridgehead atoms. The fourth-order valence-corrected chi connectivity index (χ4v) is 3.03. The SMILES string of the molecule is CC/C(C)=C/Cc1c(OC)cc(OC)c2c(=O)cc(-c3ccccc3)oc12. The van der Waals surface area contributed by atoms with E-state index in [2.05, 4.69) is 19.9 Å². The predicted octanol–water partition coefficient (Wildman–Crippen LogP) is 5.38. The topological polar surface area (TPSA) is 48.7 Å². The number of ether oxygens (including phenoxy) is 2. The minimum absolute atomic E-state index is 0.132. The van der Waals surface area contributed by atoms with Gasteiger partial charge in [-0.1, -0.05) is 48.9 Å². The van der Waals surface area contributed by atoms with Gasteiger partial charge in [-0.25, -0.2) is 0 Å². The van der Waals surface area contributed by atoms with Crippen LogP contribution >= 0.6 is 0 Å². The van der Waals surface area contributed by atoms with Gasteiger partial charge in [-0.15, -0.1) is 0 Å². The summed E-state index contributed by atoms with van der Waals surface area (Å²) < 4.78 is 17.2. The molecule has 27 heavy (non-hydrogen) atoms. The highest BCUT2D eigenvalue weighted by Crippen LogP contribution is 2.36. The van der Waals surface area contributed by atoms with E-state index in [0.29, 0.717) is 34.6 Å². The summed E-state index contributed by atoms with van der Waals surface area (Å²) in [5.41, 5.74) is 3.34. The normalized spacial score (nSPS) is 11.6. The number of methoxy groups -OCH3 is 2. The van der Waals surface area contributed by atoms with Crippen molar-refractivity contribution in [1.29, 1.82) is 0 Å². The first-order valence-electron chi connectivity index (χ1n) is 9.01. The summed E-state index contributed by atoms with van der Waals surface area (Å²) in [6, 6.07) is 12.9. The quantitative estimate of drug-likeness (QED) is 0.551. The van der Waals surface area contributed by atoms with Gasteiger partial charge in [0.1, 0.15) is 28.2 Å². The van der Waals surface area contributed by atoms with Crippen LogP contribution in [0.25, 0.3) is 22.3 Å². The van der Waals surface area contributed by atoms with Crippen molar-refractivity contribution in [3.63, 3.8) is 0 Å². The van der Waals surface area contributed by atoms with Crippen LogP contribution in [-0.2, 0) is 6.42 Å². The monoisotopic (exact) mass is 364 g/mol. The second-order valence-corrected chi connectivity index (χ2v) is 6.41. The number of allylic oxidation sites excluding steroid dienone is 2. The van der Waals surface area contributed by atoms with Crippen LogP contribution in [0.2, 0.25) is 0 Å². The minimum atomic E-state index is -0.132. The lowest BCUT2D eigenvalue weighted by atomic mass is 10.0. The third kappa shape index (κ3) is 3.75. The van der Waals surface area contributed by atoms with Crippen molar-refractivity contribution in [2.24, 2.45) is 0 Å². The van der Waals surface area contributed by atoms with Gasteiger partial charge in [-0.05, 0) is 19.8 Å². The first-order chi connectivity index (χ1) is 13.1. The fourth-order valence-electron chi connectivity index (χ4n) is 3.03. The average molecular weight is 364 g/mol. The Hall–Kier alpha value is -3.01. The molecular formula is C23H24O4. The number of rotatable bonds is 6. The van der Waals surface area contributed by atoms with Crippen LogP contribution in [0.1, 0.15) is 25.8 Å². The first kappa shape index (κ1) is 18.8. The number of benzene rings is 2. The average Bonchev–Trinajstić information content (AvgIpc) is 2.71. The van der Waals surface area contributed by atoms with E-state index in [1.807, 2.05) is 30.3 Å². The Balaban J connectivity index is 2.33. The minimum Gasteiger partial charge on any atom is -0.496 e. The highest BCUT2D eigenvalue weighted by molar-refractivity contribution is 5.89. The largest absolute Gasteiger partial charge is 0.496 e. The van der Waals surface area contributed by atoms with E-state index in [4.69, 9.17) is 13.9 Å². The summed E-state index contributed by atoms with van der Waals surface area (Å²) >= 11 is 0. The summed E-state index contributed by atoms with van der Waals surface area (Å²) in [6.07, 6.45) is 3.72. The molecule has 0 fully saturated rings. The summed E-state index contributed by atoms with van der Waals surface area (Å²) in [5, 5.41) is 0.440. The van der Waals surface area contributed by atoms with Crippen molar-refractivity contribution >= 4 is 11.0 Å². The molecular weight excluding hydrogens is 340 g/mol. The lowest BCUT2D eigenvalue weighted by Gasteiger charge is -2.14. The van der Waals surface area contributed by atoms with Crippen LogP contribution in [0, 0.1) is 0 Å². The van der Waals surface area contributed by atoms with Gasteiger partial charge < -0.3 is 13.9 Å². The van der Waals surface area contributed by atoms with Crippen molar-refractivity contribution < 1.29 is 13.9 Å². The van der Waals surface area contributed by atoms with Gasteiger partial charge in [0.25, 0.3) is 0 Å². The highest BCUT2D eigenvalue weighted by atomic mass is 16.5. The van der Waals surface area contributed by atoms with Crippen molar-refractivity contribution in [3.8, 4) is 22.8 Å². The molecule has 0 unspecified atom stereocenters. The molecule has 0 aliphatic carbocycles. The van der Waals surface area contributed by atoms with Gasteiger partial charge in [0, 0.05) is 23.3 Å². The molecule has 4 heteroatoms. The summed E-state index contributed by atoms with van der Waals surface area (Å²) in [6.45, 7) is 4.20. The van der Waals surface area contributed by atoms with Crippen LogP contribution in [0.5, 0.6) is 11.5 Å². The molecule has 140 valence electrons. The molecule has 2 aromatic carbocycles. The van der Waals surface area contributed by atoms with E-state index in [-0.39, 0.29) is 5.43 Å². The Bertz CT molecular complexity index is 1030. The summed E-state index contributed by atoms with van der Waals surface area (Å²) in [7, 11) is 3.15. The van der Waals surface area contributed by atoms with E-state index < -0.39 is 0 Å². The zero-order chi connectivity index (χ0) is 19.4. The second-order valence-electron chi connectivity index (χ2n) is 6.41. The van der Waals surface area contributed by atoms with Crippen molar-refractivity contribution in [3.05, 3.63) is 69.9 Å². The van der Waals surface area contributed by atoms with E-state index in [0.717, 1.165) is 17.5 Å².